The van der Waals surface area contributed by atoms with Gasteiger partial charge in [0.05, 0.1) is 11.3 Å². The molecule has 0 saturated heterocycles. The molecule has 8 nitrogen and oxygen atoms in total. The highest BCUT2D eigenvalue weighted by atomic mass is 16.5. The Morgan fingerprint density at radius 2 is 2.11 bits per heavy atom. The Labute approximate surface area is 156 Å². The van der Waals surface area contributed by atoms with Crippen molar-refractivity contribution in [3.05, 3.63) is 70.4 Å². The Kier molecular flexibility index (Phi) is 5.65. The van der Waals surface area contributed by atoms with E-state index in [1.807, 2.05) is 41.8 Å². The summed E-state index contributed by atoms with van der Waals surface area (Å²) in [6, 6.07) is 10.9. The maximum Gasteiger partial charge on any atom is 0.407 e. The Morgan fingerprint density at radius 1 is 1.33 bits per heavy atom. The van der Waals surface area contributed by atoms with Crippen molar-refractivity contribution in [2.45, 2.75) is 33.0 Å². The van der Waals surface area contributed by atoms with Crippen LogP contribution in [0.2, 0.25) is 0 Å². The van der Waals surface area contributed by atoms with Gasteiger partial charge in [0.1, 0.15) is 12.4 Å². The van der Waals surface area contributed by atoms with Crippen molar-refractivity contribution in [1.29, 1.82) is 0 Å². The number of carbonyl (C=O) groups is 1. The van der Waals surface area contributed by atoms with Gasteiger partial charge in [0.15, 0.2) is 0 Å². The Hall–Kier alpha value is -3.42. The molecular formula is C19H21N5O3. The first kappa shape index (κ1) is 18.4. The quantitative estimate of drug-likeness (QED) is 0.696. The van der Waals surface area contributed by atoms with E-state index in [1.54, 1.807) is 25.4 Å². The van der Waals surface area contributed by atoms with Gasteiger partial charge in [0, 0.05) is 25.0 Å². The molecule has 2 N–H and O–H groups in total. The first-order valence-corrected chi connectivity index (χ1v) is 8.58. The highest BCUT2D eigenvalue weighted by Crippen LogP contribution is 2.14. The predicted octanol–water partition coefficient (Wildman–Crippen LogP) is 2.26. The van der Waals surface area contributed by atoms with Crippen LogP contribution >= 0.6 is 0 Å². The first-order chi connectivity index (χ1) is 13.0. The fourth-order valence-electron chi connectivity index (χ4n) is 2.68. The number of ether oxygens (including phenoxy) is 1. The van der Waals surface area contributed by atoms with E-state index in [1.165, 1.54) is 0 Å². The normalized spacial score (nSPS) is 11.8. The van der Waals surface area contributed by atoms with Crippen molar-refractivity contribution in [3.63, 3.8) is 0 Å². The molecule has 3 rings (SSSR count). The zero-order valence-electron chi connectivity index (χ0n) is 15.2. The summed E-state index contributed by atoms with van der Waals surface area (Å²) in [5.74, 6) is 0.521. The van der Waals surface area contributed by atoms with Crippen LogP contribution in [0.3, 0.4) is 0 Å². The van der Waals surface area contributed by atoms with E-state index >= 15 is 0 Å². The molecule has 0 radical (unpaired) electrons. The lowest BCUT2D eigenvalue weighted by Gasteiger charge is -2.16. The molecule has 0 bridgehead atoms. The van der Waals surface area contributed by atoms with Gasteiger partial charge >= 0.3 is 6.09 Å². The second-order valence-electron chi connectivity index (χ2n) is 6.26. The topological polar surface area (TPSA) is 102 Å². The average Bonchev–Trinajstić information content (AvgIpc) is 3.10. The van der Waals surface area contributed by atoms with E-state index in [4.69, 9.17) is 4.74 Å². The third-order valence-corrected chi connectivity index (χ3v) is 3.94. The molecule has 0 fully saturated rings. The van der Waals surface area contributed by atoms with Crippen LogP contribution in [0.5, 0.6) is 0 Å². The van der Waals surface area contributed by atoms with Crippen LogP contribution in [0.25, 0.3) is 11.4 Å². The number of nitrogens with zero attached hydrogens (tertiary/aromatic N) is 3. The van der Waals surface area contributed by atoms with Crippen molar-refractivity contribution in [2.24, 2.45) is 0 Å². The molecule has 2 aromatic heterocycles. The first-order valence-electron chi connectivity index (χ1n) is 8.58. The summed E-state index contributed by atoms with van der Waals surface area (Å²) in [6.45, 7) is 4.30. The summed E-state index contributed by atoms with van der Waals surface area (Å²) >= 11 is 0. The van der Waals surface area contributed by atoms with Gasteiger partial charge in [-0.1, -0.05) is 30.3 Å². The van der Waals surface area contributed by atoms with Gasteiger partial charge in [-0.05, 0) is 25.5 Å². The molecule has 0 aliphatic rings. The smallest absolute Gasteiger partial charge is 0.407 e. The number of amides is 1. The predicted molar refractivity (Wildman–Crippen MR) is 100 cm³/mol. The highest BCUT2D eigenvalue weighted by molar-refractivity contribution is 5.67. The molecule has 27 heavy (non-hydrogen) atoms. The molecule has 140 valence electrons. The molecule has 1 atom stereocenters. The number of benzene rings is 1. The second-order valence-corrected chi connectivity index (χ2v) is 6.26. The molecule has 0 aliphatic carbocycles. The van der Waals surface area contributed by atoms with Crippen LogP contribution in [0.15, 0.2) is 53.6 Å². The average molecular weight is 367 g/mol. The van der Waals surface area contributed by atoms with Crippen LogP contribution in [0.1, 0.15) is 18.2 Å². The number of alkyl carbamates (subject to hydrolysis) is 1. The van der Waals surface area contributed by atoms with Gasteiger partial charge in [-0.15, -0.1) is 0 Å². The van der Waals surface area contributed by atoms with Gasteiger partial charge in [-0.3, -0.25) is 4.79 Å². The number of carbonyl (C=O) groups excluding carboxylic acids is 1. The van der Waals surface area contributed by atoms with Crippen LogP contribution < -0.4 is 10.9 Å². The van der Waals surface area contributed by atoms with Crippen LogP contribution in [-0.4, -0.2) is 31.9 Å². The van der Waals surface area contributed by atoms with Crippen LogP contribution in [-0.2, 0) is 17.9 Å². The molecule has 1 amide bonds. The molecule has 2 heterocycles. The summed E-state index contributed by atoms with van der Waals surface area (Å²) in [4.78, 5) is 28.3. The lowest BCUT2D eigenvalue weighted by Crippen LogP contribution is -2.36. The largest absolute Gasteiger partial charge is 0.445 e. The Morgan fingerprint density at radius 3 is 2.89 bits per heavy atom. The molecule has 1 unspecified atom stereocenters. The fraction of sp³-hybridized carbons (Fsp3) is 0.263. The van der Waals surface area contributed by atoms with Crippen molar-refractivity contribution in [2.75, 3.05) is 0 Å². The molecule has 0 spiro atoms. The summed E-state index contributed by atoms with van der Waals surface area (Å²) in [7, 11) is 0. The van der Waals surface area contributed by atoms with Crippen molar-refractivity contribution in [1.82, 2.24) is 25.1 Å². The fourth-order valence-corrected chi connectivity index (χ4v) is 2.68. The minimum absolute atomic E-state index is 0.210. The molecule has 8 heteroatoms. The zero-order valence-corrected chi connectivity index (χ0v) is 15.2. The number of hydrogen-bond acceptors (Lipinski definition) is 5. The van der Waals surface area contributed by atoms with E-state index in [0.29, 0.717) is 23.6 Å². The lowest BCUT2D eigenvalue weighted by molar-refractivity contribution is 0.135. The summed E-state index contributed by atoms with van der Waals surface area (Å²) in [5.41, 5.74) is 1.74. The van der Waals surface area contributed by atoms with Crippen molar-refractivity contribution in [3.8, 4) is 11.4 Å². The number of rotatable bonds is 6. The molecule has 0 aliphatic heterocycles. The maximum atomic E-state index is 12.0. The minimum Gasteiger partial charge on any atom is -0.445 e. The third kappa shape index (κ3) is 4.81. The van der Waals surface area contributed by atoms with Crippen LogP contribution in [0.4, 0.5) is 4.79 Å². The number of hydrogen-bond donors (Lipinski definition) is 2. The summed E-state index contributed by atoms with van der Waals surface area (Å²) in [5, 5.41) is 9.11. The number of imidazole rings is 1. The number of nitrogens with one attached hydrogen (secondary N) is 2. The maximum absolute atomic E-state index is 12.0. The number of aryl methyl sites for hydroxylation is 1. The van der Waals surface area contributed by atoms with Gasteiger partial charge in [0.25, 0.3) is 5.56 Å². The van der Waals surface area contributed by atoms with Crippen molar-refractivity contribution >= 4 is 6.09 Å². The SMILES string of the molecule is Cc1cc(-c2nccn2CC(C)NC(=O)OCc2ccccc2)c(=O)[nH]n1. The zero-order chi connectivity index (χ0) is 19.2. The highest BCUT2D eigenvalue weighted by Gasteiger charge is 2.15. The molecule has 1 aromatic carbocycles. The standard InChI is InChI=1S/C19H21N5O3/c1-13-10-16(18(25)23-22-13)17-20-8-9-24(17)11-14(2)21-19(26)27-12-15-6-4-3-5-7-15/h3-10,14H,11-12H2,1-2H3,(H,21,26)(H,23,25). The molecule has 3 aromatic rings. The van der Waals surface area contributed by atoms with Gasteiger partial charge in [0.2, 0.25) is 0 Å². The van der Waals surface area contributed by atoms with E-state index in [0.717, 1.165) is 5.56 Å². The van der Waals surface area contributed by atoms with E-state index in [2.05, 4.69) is 20.5 Å². The van der Waals surface area contributed by atoms with Gasteiger partial charge in [-0.2, -0.15) is 5.10 Å². The Bertz CT molecular complexity index is 965. The summed E-state index contributed by atoms with van der Waals surface area (Å²) in [6.07, 6.45) is 2.88. The number of H-pyrrole nitrogens is 1. The van der Waals surface area contributed by atoms with E-state index in [-0.39, 0.29) is 18.2 Å². The van der Waals surface area contributed by atoms with E-state index in [9.17, 15) is 9.59 Å². The Balaban J connectivity index is 1.61. The molecular weight excluding hydrogens is 346 g/mol. The molecule has 0 saturated carbocycles. The van der Waals surface area contributed by atoms with Crippen molar-refractivity contribution < 1.29 is 9.53 Å². The second kappa shape index (κ2) is 8.31. The monoisotopic (exact) mass is 367 g/mol. The van der Waals surface area contributed by atoms with Crippen LogP contribution in [0, 0.1) is 6.92 Å². The van der Waals surface area contributed by atoms with Gasteiger partial charge in [-0.25, -0.2) is 14.9 Å². The summed E-state index contributed by atoms with van der Waals surface area (Å²) < 4.78 is 7.04. The number of aromatic amines is 1. The number of aromatic nitrogens is 4. The van der Waals surface area contributed by atoms with E-state index < -0.39 is 6.09 Å². The van der Waals surface area contributed by atoms with Gasteiger partial charge < -0.3 is 14.6 Å². The minimum atomic E-state index is -0.495. The third-order valence-electron chi connectivity index (χ3n) is 3.94. The lowest BCUT2D eigenvalue weighted by atomic mass is 10.2.